The maximum Gasteiger partial charge on any atom is 0.321 e. The number of ether oxygens (including phenoxy) is 1. The summed E-state index contributed by atoms with van der Waals surface area (Å²) in [4.78, 5) is 13.3. The van der Waals surface area contributed by atoms with E-state index in [4.69, 9.17) is 4.74 Å². The molecule has 0 unspecified atom stereocenters. The molecule has 2 aromatic rings. The van der Waals surface area contributed by atoms with Gasteiger partial charge in [-0.1, -0.05) is 93.3 Å². The Hall–Kier alpha value is -2.09. The highest BCUT2D eigenvalue weighted by Crippen LogP contribution is 2.39. The molecule has 0 heterocycles. The molecule has 0 aliphatic rings. The molecular weight excluding hydrogens is 308 g/mol. The molecule has 134 valence electrons. The monoisotopic (exact) mass is 338 g/mol. The molecule has 25 heavy (non-hydrogen) atoms. The summed E-state index contributed by atoms with van der Waals surface area (Å²) in [5.41, 5.74) is 1.30. The lowest BCUT2D eigenvalue weighted by Gasteiger charge is -2.33. The van der Waals surface area contributed by atoms with Crippen LogP contribution in [0.3, 0.4) is 0 Å². The van der Waals surface area contributed by atoms with Crippen LogP contribution in [-0.2, 0) is 14.9 Å². The van der Waals surface area contributed by atoms with Crippen molar-refractivity contribution in [3.63, 3.8) is 0 Å². The number of unbranched alkanes of at least 4 members (excludes halogenated alkanes) is 3. The molecule has 2 heteroatoms. The van der Waals surface area contributed by atoms with Crippen LogP contribution in [0.1, 0.15) is 64.0 Å². The van der Waals surface area contributed by atoms with E-state index in [1.807, 2.05) is 50.2 Å². The third kappa shape index (κ3) is 4.72. The molecule has 0 aliphatic heterocycles. The van der Waals surface area contributed by atoms with Gasteiger partial charge in [0, 0.05) is 0 Å². The molecule has 0 N–H and O–H groups in total. The van der Waals surface area contributed by atoms with E-state index in [2.05, 4.69) is 31.2 Å². The van der Waals surface area contributed by atoms with Gasteiger partial charge in [0.25, 0.3) is 0 Å². The molecule has 0 saturated carbocycles. The van der Waals surface area contributed by atoms with Crippen LogP contribution in [-0.4, -0.2) is 12.1 Å². The van der Waals surface area contributed by atoms with Gasteiger partial charge < -0.3 is 4.74 Å². The van der Waals surface area contributed by atoms with Gasteiger partial charge in [-0.05, 0) is 31.4 Å². The van der Waals surface area contributed by atoms with Gasteiger partial charge in [0.2, 0.25) is 0 Å². The standard InChI is InChI=1S/C23H30O2/c1-4-5-6-13-18-23(22(24)25-19(2)3,20-14-9-7-10-15-20)21-16-11-8-12-17-21/h7-12,14-17,19H,4-6,13,18H2,1-3H3. The highest BCUT2D eigenvalue weighted by atomic mass is 16.5. The first-order valence-electron chi connectivity index (χ1n) is 9.43. The second-order valence-electron chi connectivity index (χ2n) is 6.90. The summed E-state index contributed by atoms with van der Waals surface area (Å²) in [5.74, 6) is -0.142. The van der Waals surface area contributed by atoms with Crippen LogP contribution in [0.15, 0.2) is 60.7 Å². The predicted molar refractivity (Wildman–Crippen MR) is 104 cm³/mol. The van der Waals surface area contributed by atoms with Crippen LogP contribution in [0, 0.1) is 0 Å². The second-order valence-corrected chi connectivity index (χ2v) is 6.90. The minimum atomic E-state index is -0.736. The first-order chi connectivity index (χ1) is 12.1. The molecule has 2 rings (SSSR count). The summed E-state index contributed by atoms with van der Waals surface area (Å²) in [7, 11) is 0. The first kappa shape index (κ1) is 19.2. The number of carbonyl (C=O) groups excluding carboxylic acids is 1. The summed E-state index contributed by atoms with van der Waals surface area (Å²) in [6, 6.07) is 20.2. The van der Waals surface area contributed by atoms with E-state index >= 15 is 0 Å². The van der Waals surface area contributed by atoms with Gasteiger partial charge >= 0.3 is 5.97 Å². The average Bonchev–Trinajstić information content (AvgIpc) is 2.63. The van der Waals surface area contributed by atoms with Crippen molar-refractivity contribution in [1.82, 2.24) is 0 Å². The van der Waals surface area contributed by atoms with Gasteiger partial charge in [0.05, 0.1) is 6.10 Å². The topological polar surface area (TPSA) is 26.3 Å². The van der Waals surface area contributed by atoms with Crippen LogP contribution >= 0.6 is 0 Å². The van der Waals surface area contributed by atoms with E-state index in [9.17, 15) is 4.79 Å². The lowest BCUT2D eigenvalue weighted by atomic mass is 9.71. The molecule has 0 atom stereocenters. The molecule has 0 aliphatic carbocycles. The number of hydrogen-bond donors (Lipinski definition) is 0. The fraction of sp³-hybridized carbons (Fsp3) is 0.435. The van der Waals surface area contributed by atoms with Crippen LogP contribution in [0.4, 0.5) is 0 Å². The molecule has 0 aromatic heterocycles. The molecule has 2 nitrogen and oxygen atoms in total. The zero-order valence-corrected chi connectivity index (χ0v) is 15.7. The normalized spacial score (nSPS) is 11.5. The Morgan fingerprint density at radius 1 is 0.880 bits per heavy atom. The van der Waals surface area contributed by atoms with E-state index in [1.165, 1.54) is 12.8 Å². The summed E-state index contributed by atoms with van der Waals surface area (Å²) in [6.45, 7) is 6.03. The van der Waals surface area contributed by atoms with Crippen molar-refractivity contribution in [3.8, 4) is 0 Å². The van der Waals surface area contributed by atoms with E-state index in [1.54, 1.807) is 0 Å². The SMILES string of the molecule is CCCCCCC(C(=O)OC(C)C)(c1ccccc1)c1ccccc1. The third-order valence-electron chi connectivity index (χ3n) is 4.63. The van der Waals surface area contributed by atoms with Crippen molar-refractivity contribution >= 4 is 5.97 Å². The molecule has 0 spiro atoms. The van der Waals surface area contributed by atoms with Gasteiger partial charge in [0.1, 0.15) is 5.41 Å². The maximum atomic E-state index is 13.3. The Labute approximate surface area is 152 Å². The Kier molecular flexibility index (Phi) is 7.24. The number of hydrogen-bond acceptors (Lipinski definition) is 2. The summed E-state index contributed by atoms with van der Waals surface area (Å²) in [5, 5.41) is 0. The quantitative estimate of drug-likeness (QED) is 0.420. The minimum Gasteiger partial charge on any atom is -0.462 e. The summed E-state index contributed by atoms with van der Waals surface area (Å²) in [6.07, 6.45) is 5.15. The predicted octanol–water partition coefficient (Wildman–Crippen LogP) is 5.89. The molecule has 0 bridgehead atoms. The van der Waals surface area contributed by atoms with E-state index in [0.29, 0.717) is 0 Å². The van der Waals surface area contributed by atoms with Crippen LogP contribution in [0.2, 0.25) is 0 Å². The van der Waals surface area contributed by atoms with Crippen LogP contribution < -0.4 is 0 Å². The molecule has 0 fully saturated rings. The van der Waals surface area contributed by atoms with Crippen LogP contribution in [0.25, 0.3) is 0 Å². The number of rotatable bonds is 9. The number of esters is 1. The molecule has 2 aromatic carbocycles. The lowest BCUT2D eigenvalue weighted by Crippen LogP contribution is -2.40. The van der Waals surface area contributed by atoms with E-state index in [-0.39, 0.29) is 12.1 Å². The Morgan fingerprint density at radius 3 is 1.84 bits per heavy atom. The lowest BCUT2D eigenvalue weighted by molar-refractivity contribution is -0.153. The highest BCUT2D eigenvalue weighted by Gasteiger charge is 2.43. The average molecular weight is 338 g/mol. The van der Waals surface area contributed by atoms with Crippen molar-refractivity contribution in [2.24, 2.45) is 0 Å². The van der Waals surface area contributed by atoms with Crippen molar-refractivity contribution in [2.45, 2.75) is 64.4 Å². The summed E-state index contributed by atoms with van der Waals surface area (Å²) < 4.78 is 5.74. The van der Waals surface area contributed by atoms with Gasteiger partial charge in [-0.15, -0.1) is 0 Å². The molecular formula is C23H30O2. The largest absolute Gasteiger partial charge is 0.462 e. The number of benzene rings is 2. The Morgan fingerprint density at radius 2 is 1.40 bits per heavy atom. The smallest absolute Gasteiger partial charge is 0.321 e. The fourth-order valence-corrected chi connectivity index (χ4v) is 3.37. The maximum absolute atomic E-state index is 13.3. The zero-order chi connectivity index (χ0) is 18.1. The van der Waals surface area contributed by atoms with Gasteiger partial charge in [-0.25, -0.2) is 0 Å². The van der Waals surface area contributed by atoms with Crippen molar-refractivity contribution in [2.75, 3.05) is 0 Å². The molecule has 0 amide bonds. The van der Waals surface area contributed by atoms with Crippen molar-refractivity contribution in [1.29, 1.82) is 0 Å². The van der Waals surface area contributed by atoms with E-state index < -0.39 is 5.41 Å². The van der Waals surface area contributed by atoms with Gasteiger partial charge in [-0.3, -0.25) is 4.79 Å². The Bertz CT molecular complexity index is 592. The molecule has 0 radical (unpaired) electrons. The summed E-state index contributed by atoms with van der Waals surface area (Å²) >= 11 is 0. The van der Waals surface area contributed by atoms with Crippen molar-refractivity contribution in [3.05, 3.63) is 71.8 Å². The Balaban J connectivity index is 2.50. The molecule has 0 saturated heterocycles. The fourth-order valence-electron chi connectivity index (χ4n) is 3.37. The van der Waals surface area contributed by atoms with E-state index in [0.717, 1.165) is 30.4 Å². The van der Waals surface area contributed by atoms with Gasteiger partial charge in [-0.2, -0.15) is 0 Å². The highest BCUT2D eigenvalue weighted by molar-refractivity contribution is 5.87. The second kappa shape index (κ2) is 9.41. The number of carbonyl (C=O) groups is 1. The third-order valence-corrected chi connectivity index (χ3v) is 4.63. The minimum absolute atomic E-state index is 0.130. The first-order valence-corrected chi connectivity index (χ1v) is 9.43. The van der Waals surface area contributed by atoms with Crippen molar-refractivity contribution < 1.29 is 9.53 Å². The zero-order valence-electron chi connectivity index (χ0n) is 15.7. The van der Waals surface area contributed by atoms with Crippen LogP contribution in [0.5, 0.6) is 0 Å². The van der Waals surface area contributed by atoms with Gasteiger partial charge in [0.15, 0.2) is 0 Å².